The van der Waals surface area contributed by atoms with E-state index in [1.807, 2.05) is 0 Å². The summed E-state index contributed by atoms with van der Waals surface area (Å²) in [6.07, 6.45) is 13.1. The van der Waals surface area contributed by atoms with Gasteiger partial charge in [-0.1, -0.05) is 26.2 Å². The van der Waals surface area contributed by atoms with E-state index in [1.165, 1.54) is 75.7 Å². The minimum atomic E-state index is 0.654. The van der Waals surface area contributed by atoms with E-state index >= 15 is 0 Å². The Hall–Kier alpha value is -0.870. The molecule has 3 rings (SSSR count). The predicted octanol–water partition coefficient (Wildman–Crippen LogP) is 3.66. The molecule has 1 saturated carbocycles. The Morgan fingerprint density at radius 1 is 1.17 bits per heavy atom. The summed E-state index contributed by atoms with van der Waals surface area (Å²) in [5.74, 6) is 0. The molecule has 0 radical (unpaired) electrons. The lowest BCUT2D eigenvalue weighted by atomic mass is 10.0. The summed E-state index contributed by atoms with van der Waals surface area (Å²) in [7, 11) is 0. The Morgan fingerprint density at radius 3 is 2.74 bits per heavy atom. The molecule has 23 heavy (non-hydrogen) atoms. The quantitative estimate of drug-likeness (QED) is 0.779. The molecule has 0 aromatic carbocycles. The Balaban J connectivity index is 1.43. The summed E-state index contributed by atoms with van der Waals surface area (Å²) in [4.78, 5) is 2.69. The fourth-order valence-corrected chi connectivity index (χ4v) is 4.31. The van der Waals surface area contributed by atoms with Crippen LogP contribution in [-0.2, 0) is 6.54 Å². The molecule has 1 atom stereocenters. The van der Waals surface area contributed by atoms with E-state index in [4.69, 9.17) is 5.10 Å². The smallest absolute Gasteiger partial charge is 0.0638 e. The number of nitrogens with one attached hydrogen (secondary N) is 1. The van der Waals surface area contributed by atoms with E-state index in [1.54, 1.807) is 0 Å². The van der Waals surface area contributed by atoms with Crippen LogP contribution in [0.5, 0.6) is 0 Å². The average Bonchev–Trinajstić information content (AvgIpc) is 3.22. The third-order valence-electron chi connectivity index (χ3n) is 5.83. The zero-order chi connectivity index (χ0) is 16.1. The van der Waals surface area contributed by atoms with Gasteiger partial charge in [-0.15, -0.1) is 0 Å². The zero-order valence-corrected chi connectivity index (χ0v) is 15.1. The Bertz CT molecular complexity index is 476. The second-order valence-electron chi connectivity index (χ2n) is 7.43. The zero-order valence-electron chi connectivity index (χ0n) is 15.1. The molecule has 2 heterocycles. The molecule has 1 aliphatic heterocycles. The maximum atomic E-state index is 4.75. The molecule has 1 saturated heterocycles. The van der Waals surface area contributed by atoms with Gasteiger partial charge in [0, 0.05) is 37.4 Å². The van der Waals surface area contributed by atoms with Gasteiger partial charge in [-0.2, -0.15) is 5.10 Å². The van der Waals surface area contributed by atoms with Gasteiger partial charge in [-0.05, 0) is 45.6 Å². The summed E-state index contributed by atoms with van der Waals surface area (Å²) < 4.78 is 2.23. The van der Waals surface area contributed by atoms with Crippen molar-refractivity contribution >= 4 is 0 Å². The molecule has 2 fully saturated rings. The van der Waals surface area contributed by atoms with Gasteiger partial charge in [0.05, 0.1) is 11.7 Å². The number of rotatable bonds is 7. The van der Waals surface area contributed by atoms with Crippen molar-refractivity contribution in [1.82, 2.24) is 20.0 Å². The Labute approximate surface area is 141 Å². The molecule has 1 aliphatic carbocycles. The fraction of sp³-hybridized carbons (Fsp3) is 0.842. The Morgan fingerprint density at radius 2 is 1.96 bits per heavy atom. The van der Waals surface area contributed by atoms with Gasteiger partial charge in [0.25, 0.3) is 0 Å². The molecule has 0 bridgehead atoms. The molecule has 4 heteroatoms. The summed E-state index contributed by atoms with van der Waals surface area (Å²) >= 11 is 0. The lowest BCUT2D eigenvalue weighted by Gasteiger charge is -2.35. The third-order valence-corrected chi connectivity index (χ3v) is 5.83. The molecule has 1 aromatic heterocycles. The van der Waals surface area contributed by atoms with Gasteiger partial charge in [-0.3, -0.25) is 9.58 Å². The van der Waals surface area contributed by atoms with Gasteiger partial charge in [0.15, 0.2) is 0 Å². The second kappa shape index (κ2) is 8.29. The van der Waals surface area contributed by atoms with Gasteiger partial charge >= 0.3 is 0 Å². The molecular formula is C19H34N4. The van der Waals surface area contributed by atoms with Crippen molar-refractivity contribution in [2.24, 2.45) is 0 Å². The largest absolute Gasteiger partial charge is 0.311 e. The molecule has 2 aliphatic rings. The van der Waals surface area contributed by atoms with Crippen LogP contribution in [-0.4, -0.2) is 40.4 Å². The number of nitrogens with zero attached hydrogens (tertiary/aromatic N) is 3. The minimum absolute atomic E-state index is 0.654. The SMILES string of the molecule is CCC1CCCCN1CCNCc1cn(C2CCCC2)nc1C. The van der Waals surface area contributed by atoms with Crippen molar-refractivity contribution in [3.05, 3.63) is 17.5 Å². The van der Waals surface area contributed by atoms with E-state index in [0.29, 0.717) is 6.04 Å². The first-order chi connectivity index (χ1) is 11.3. The number of piperidine rings is 1. The number of aromatic nitrogens is 2. The fourth-order valence-electron chi connectivity index (χ4n) is 4.31. The number of likely N-dealkylation sites (tertiary alicyclic amines) is 1. The van der Waals surface area contributed by atoms with Gasteiger partial charge in [-0.25, -0.2) is 0 Å². The highest BCUT2D eigenvalue weighted by molar-refractivity contribution is 5.15. The van der Waals surface area contributed by atoms with E-state index in [9.17, 15) is 0 Å². The van der Waals surface area contributed by atoms with Crippen LogP contribution in [0.25, 0.3) is 0 Å². The van der Waals surface area contributed by atoms with Gasteiger partial charge in [0.1, 0.15) is 0 Å². The molecule has 4 nitrogen and oxygen atoms in total. The third kappa shape index (κ3) is 4.36. The van der Waals surface area contributed by atoms with Crippen molar-refractivity contribution in [3.8, 4) is 0 Å². The van der Waals surface area contributed by atoms with Crippen LogP contribution >= 0.6 is 0 Å². The average molecular weight is 319 g/mol. The van der Waals surface area contributed by atoms with E-state index in [0.717, 1.165) is 19.1 Å². The van der Waals surface area contributed by atoms with Gasteiger partial charge < -0.3 is 5.32 Å². The maximum Gasteiger partial charge on any atom is 0.0638 e. The Kier molecular flexibility index (Phi) is 6.12. The number of aryl methyl sites for hydroxylation is 1. The van der Waals surface area contributed by atoms with Crippen LogP contribution < -0.4 is 5.32 Å². The first-order valence-corrected chi connectivity index (χ1v) is 9.77. The normalized spacial score (nSPS) is 23.7. The monoisotopic (exact) mass is 318 g/mol. The lowest BCUT2D eigenvalue weighted by Crippen LogP contribution is -2.42. The second-order valence-corrected chi connectivity index (χ2v) is 7.43. The van der Waals surface area contributed by atoms with Crippen LogP contribution in [0.4, 0.5) is 0 Å². The van der Waals surface area contributed by atoms with Crippen LogP contribution in [0.1, 0.15) is 75.6 Å². The predicted molar refractivity (Wildman–Crippen MR) is 95.7 cm³/mol. The molecule has 0 spiro atoms. The molecule has 1 aromatic rings. The highest BCUT2D eigenvalue weighted by Crippen LogP contribution is 2.29. The summed E-state index contributed by atoms with van der Waals surface area (Å²) in [6, 6.07) is 1.47. The van der Waals surface area contributed by atoms with E-state index in [-0.39, 0.29) is 0 Å². The molecule has 0 amide bonds. The molecule has 1 N–H and O–H groups in total. The highest BCUT2D eigenvalue weighted by Gasteiger charge is 2.20. The van der Waals surface area contributed by atoms with Crippen LogP contribution in [0.3, 0.4) is 0 Å². The lowest BCUT2D eigenvalue weighted by molar-refractivity contribution is 0.145. The highest BCUT2D eigenvalue weighted by atomic mass is 15.3. The number of hydrogen-bond donors (Lipinski definition) is 1. The topological polar surface area (TPSA) is 33.1 Å². The van der Waals surface area contributed by atoms with E-state index in [2.05, 4.69) is 34.9 Å². The summed E-state index contributed by atoms with van der Waals surface area (Å²) in [6.45, 7) is 9.01. The van der Waals surface area contributed by atoms with Gasteiger partial charge in [0.2, 0.25) is 0 Å². The first-order valence-electron chi connectivity index (χ1n) is 9.77. The van der Waals surface area contributed by atoms with Crippen molar-refractivity contribution in [3.63, 3.8) is 0 Å². The van der Waals surface area contributed by atoms with Crippen LogP contribution in [0, 0.1) is 6.92 Å². The minimum Gasteiger partial charge on any atom is -0.311 e. The first kappa shape index (κ1) is 17.0. The van der Waals surface area contributed by atoms with Crippen LogP contribution in [0.15, 0.2) is 6.20 Å². The summed E-state index contributed by atoms with van der Waals surface area (Å²) in [5, 5.41) is 8.40. The van der Waals surface area contributed by atoms with Crippen LogP contribution in [0.2, 0.25) is 0 Å². The maximum absolute atomic E-state index is 4.75. The molecular weight excluding hydrogens is 284 g/mol. The number of hydrogen-bond acceptors (Lipinski definition) is 3. The standard InChI is InChI=1S/C19H34N4/c1-3-18-8-6-7-12-22(18)13-11-20-14-17-15-23(21-16(17)2)19-9-4-5-10-19/h15,18-20H,3-14H2,1-2H3. The molecule has 1 unspecified atom stereocenters. The molecule has 130 valence electrons. The van der Waals surface area contributed by atoms with E-state index < -0.39 is 0 Å². The summed E-state index contributed by atoms with van der Waals surface area (Å²) in [5.41, 5.74) is 2.58. The van der Waals surface area contributed by atoms with Crippen molar-refractivity contribution < 1.29 is 0 Å². The van der Waals surface area contributed by atoms with Crippen molar-refractivity contribution in [1.29, 1.82) is 0 Å². The van der Waals surface area contributed by atoms with Crippen molar-refractivity contribution in [2.45, 2.75) is 83.8 Å². The van der Waals surface area contributed by atoms with Crippen molar-refractivity contribution in [2.75, 3.05) is 19.6 Å².